The first kappa shape index (κ1) is 15.6. The van der Waals surface area contributed by atoms with Crippen LogP contribution in [0.15, 0.2) is 0 Å². The summed E-state index contributed by atoms with van der Waals surface area (Å²) in [6, 6.07) is -2.00. The van der Waals surface area contributed by atoms with Gasteiger partial charge in [-0.05, 0) is 19.8 Å². The van der Waals surface area contributed by atoms with Crippen molar-refractivity contribution >= 4 is 17.8 Å². The first-order valence-electron chi connectivity index (χ1n) is 6.66. The van der Waals surface area contributed by atoms with Gasteiger partial charge >= 0.3 is 12.2 Å². The van der Waals surface area contributed by atoms with Gasteiger partial charge in [0.2, 0.25) is 5.91 Å². The minimum Gasteiger partial charge on any atom is -0.345 e. The molecule has 4 amide bonds. The summed E-state index contributed by atoms with van der Waals surface area (Å²) in [6.45, 7) is -0.262. The zero-order valence-corrected chi connectivity index (χ0v) is 11.4. The van der Waals surface area contributed by atoms with Crippen LogP contribution in [0.25, 0.3) is 0 Å². The smallest absolute Gasteiger partial charge is 0.345 e. The summed E-state index contributed by atoms with van der Waals surface area (Å²) >= 11 is 0. The van der Waals surface area contributed by atoms with Crippen molar-refractivity contribution in [2.45, 2.75) is 50.4 Å². The minimum atomic E-state index is -4.54. The second-order valence-electron chi connectivity index (χ2n) is 5.40. The van der Waals surface area contributed by atoms with Crippen molar-refractivity contribution in [1.82, 2.24) is 15.5 Å². The zero-order valence-electron chi connectivity index (χ0n) is 11.4. The number of alkyl halides is 3. The van der Waals surface area contributed by atoms with Gasteiger partial charge < -0.3 is 10.6 Å². The quantitative estimate of drug-likeness (QED) is 0.761. The number of urea groups is 1. The van der Waals surface area contributed by atoms with E-state index in [2.05, 4.69) is 5.32 Å². The summed E-state index contributed by atoms with van der Waals surface area (Å²) in [5.74, 6) is -1.54. The molecule has 1 saturated carbocycles. The lowest BCUT2D eigenvalue weighted by Crippen LogP contribution is -2.51. The fraction of sp³-hybridized carbons (Fsp3) is 0.750. The van der Waals surface area contributed by atoms with Gasteiger partial charge in [0.15, 0.2) is 0 Å². The highest BCUT2D eigenvalue weighted by molar-refractivity contribution is 6.09. The Kier molecular flexibility index (Phi) is 3.85. The summed E-state index contributed by atoms with van der Waals surface area (Å²) in [5, 5.41) is 4.25. The maximum atomic E-state index is 12.3. The standard InChI is InChI=1S/C12H16F3N3O3/c1-7(8(19)16-6-12(13,14)15)18-9(20)11(17-10(18)21)4-2-3-5-11/h7H,2-6H2,1H3,(H,16,19)(H,17,21). The molecule has 0 aromatic heterocycles. The number of nitrogens with one attached hydrogen (secondary N) is 2. The molecule has 0 bridgehead atoms. The Morgan fingerprint density at radius 3 is 2.48 bits per heavy atom. The van der Waals surface area contributed by atoms with Gasteiger partial charge in [-0.25, -0.2) is 9.69 Å². The average molecular weight is 307 g/mol. The number of imide groups is 1. The topological polar surface area (TPSA) is 78.5 Å². The average Bonchev–Trinajstić information content (AvgIpc) is 2.92. The SMILES string of the molecule is CC(C(=O)NCC(F)(F)F)N1C(=O)NC2(CCCC2)C1=O. The van der Waals surface area contributed by atoms with Crippen LogP contribution in [0.1, 0.15) is 32.6 Å². The molecule has 118 valence electrons. The molecule has 1 unspecified atom stereocenters. The van der Waals surface area contributed by atoms with E-state index in [9.17, 15) is 27.6 Å². The Morgan fingerprint density at radius 1 is 1.38 bits per heavy atom. The van der Waals surface area contributed by atoms with E-state index < -0.39 is 42.1 Å². The maximum absolute atomic E-state index is 12.3. The number of hydrogen-bond donors (Lipinski definition) is 2. The van der Waals surface area contributed by atoms with E-state index in [1.807, 2.05) is 0 Å². The molecular formula is C12H16F3N3O3. The van der Waals surface area contributed by atoms with Crippen molar-refractivity contribution in [2.75, 3.05) is 6.54 Å². The van der Waals surface area contributed by atoms with E-state index in [0.29, 0.717) is 12.8 Å². The summed E-state index contributed by atoms with van der Waals surface area (Å²) in [7, 11) is 0. The number of amides is 4. The highest BCUT2D eigenvalue weighted by atomic mass is 19.4. The van der Waals surface area contributed by atoms with Gasteiger partial charge in [0.1, 0.15) is 18.1 Å². The van der Waals surface area contributed by atoms with Crippen molar-refractivity contribution in [1.29, 1.82) is 0 Å². The molecule has 6 nitrogen and oxygen atoms in total. The van der Waals surface area contributed by atoms with Crippen LogP contribution in [-0.2, 0) is 9.59 Å². The Morgan fingerprint density at radius 2 is 1.95 bits per heavy atom. The van der Waals surface area contributed by atoms with Crippen LogP contribution >= 0.6 is 0 Å². The zero-order chi connectivity index (χ0) is 15.8. The number of hydrogen-bond acceptors (Lipinski definition) is 3. The van der Waals surface area contributed by atoms with Crippen LogP contribution < -0.4 is 10.6 Å². The first-order valence-corrected chi connectivity index (χ1v) is 6.66. The molecule has 1 saturated heterocycles. The lowest BCUT2D eigenvalue weighted by Gasteiger charge is -2.23. The largest absolute Gasteiger partial charge is 0.405 e. The molecule has 9 heteroatoms. The molecule has 2 aliphatic rings. The molecule has 1 aliphatic heterocycles. The highest BCUT2D eigenvalue weighted by Crippen LogP contribution is 2.35. The summed E-state index contributed by atoms with van der Waals surface area (Å²) in [6.07, 6.45) is -1.99. The number of halogens is 3. The number of carbonyl (C=O) groups excluding carboxylic acids is 3. The Hall–Kier alpha value is -1.80. The van der Waals surface area contributed by atoms with Crippen molar-refractivity contribution in [2.24, 2.45) is 0 Å². The molecule has 2 N–H and O–H groups in total. The third-order valence-corrected chi connectivity index (χ3v) is 3.88. The van der Waals surface area contributed by atoms with Crippen LogP contribution in [0.4, 0.5) is 18.0 Å². The van der Waals surface area contributed by atoms with E-state index in [0.717, 1.165) is 17.7 Å². The third kappa shape index (κ3) is 2.96. The van der Waals surface area contributed by atoms with Crippen LogP contribution in [0.5, 0.6) is 0 Å². The van der Waals surface area contributed by atoms with E-state index >= 15 is 0 Å². The molecule has 0 aromatic carbocycles. The normalized spacial score (nSPS) is 22.6. The van der Waals surface area contributed by atoms with Crippen LogP contribution in [0, 0.1) is 0 Å². The van der Waals surface area contributed by atoms with Gasteiger partial charge in [-0.15, -0.1) is 0 Å². The molecular weight excluding hydrogens is 291 g/mol. The second kappa shape index (κ2) is 5.19. The number of nitrogens with zero attached hydrogens (tertiary/aromatic N) is 1. The highest BCUT2D eigenvalue weighted by Gasteiger charge is 2.54. The first-order chi connectivity index (χ1) is 9.66. The molecule has 2 rings (SSSR count). The van der Waals surface area contributed by atoms with Crippen molar-refractivity contribution < 1.29 is 27.6 Å². The van der Waals surface area contributed by atoms with Crippen molar-refractivity contribution in [3.05, 3.63) is 0 Å². The van der Waals surface area contributed by atoms with Crippen molar-refractivity contribution in [3.63, 3.8) is 0 Å². The molecule has 1 heterocycles. The number of carbonyl (C=O) groups is 3. The maximum Gasteiger partial charge on any atom is 0.405 e. The van der Waals surface area contributed by atoms with Gasteiger partial charge in [-0.2, -0.15) is 13.2 Å². The molecule has 0 radical (unpaired) electrons. The Labute approximate surface area is 119 Å². The predicted molar refractivity (Wildman–Crippen MR) is 65.1 cm³/mol. The van der Waals surface area contributed by atoms with E-state index in [-0.39, 0.29) is 0 Å². The molecule has 1 atom stereocenters. The molecule has 2 fully saturated rings. The predicted octanol–water partition coefficient (Wildman–Crippen LogP) is 0.918. The summed E-state index contributed by atoms with van der Waals surface area (Å²) in [5.41, 5.74) is -0.977. The summed E-state index contributed by atoms with van der Waals surface area (Å²) in [4.78, 5) is 36.6. The van der Waals surface area contributed by atoms with Gasteiger partial charge in [0.05, 0.1) is 0 Å². The van der Waals surface area contributed by atoms with Gasteiger partial charge in [0.25, 0.3) is 5.91 Å². The third-order valence-electron chi connectivity index (χ3n) is 3.88. The van der Waals surface area contributed by atoms with Crippen LogP contribution in [0.3, 0.4) is 0 Å². The Bertz CT molecular complexity index is 472. The number of rotatable bonds is 3. The lowest BCUT2D eigenvalue weighted by molar-refractivity contribution is -0.144. The monoisotopic (exact) mass is 307 g/mol. The van der Waals surface area contributed by atoms with Crippen LogP contribution in [-0.4, -0.2) is 47.0 Å². The molecule has 1 aliphatic carbocycles. The van der Waals surface area contributed by atoms with Crippen LogP contribution in [0.2, 0.25) is 0 Å². The van der Waals surface area contributed by atoms with Crippen molar-refractivity contribution in [3.8, 4) is 0 Å². The minimum absolute atomic E-state index is 0.491. The van der Waals surface area contributed by atoms with Gasteiger partial charge in [-0.3, -0.25) is 9.59 Å². The lowest BCUT2D eigenvalue weighted by atomic mass is 9.97. The molecule has 1 spiro atoms. The van der Waals surface area contributed by atoms with Gasteiger partial charge in [-0.1, -0.05) is 12.8 Å². The van der Waals surface area contributed by atoms with E-state index in [1.54, 1.807) is 5.32 Å². The van der Waals surface area contributed by atoms with E-state index in [1.165, 1.54) is 6.92 Å². The fourth-order valence-corrected chi connectivity index (χ4v) is 2.76. The van der Waals surface area contributed by atoms with Gasteiger partial charge in [0, 0.05) is 0 Å². The fourth-order valence-electron chi connectivity index (χ4n) is 2.76. The molecule has 21 heavy (non-hydrogen) atoms. The Balaban J connectivity index is 2.05. The van der Waals surface area contributed by atoms with E-state index in [4.69, 9.17) is 0 Å². The summed E-state index contributed by atoms with van der Waals surface area (Å²) < 4.78 is 36.2. The molecule has 0 aromatic rings. The second-order valence-corrected chi connectivity index (χ2v) is 5.40.